The van der Waals surface area contributed by atoms with Crippen molar-refractivity contribution in [3.63, 3.8) is 0 Å². The fourth-order valence-corrected chi connectivity index (χ4v) is 4.52. The molecule has 1 heterocycles. The lowest BCUT2D eigenvalue weighted by Crippen LogP contribution is -2.37. The topological polar surface area (TPSA) is 49.9 Å². The van der Waals surface area contributed by atoms with Gasteiger partial charge >= 0.3 is 0 Å². The highest BCUT2D eigenvalue weighted by molar-refractivity contribution is 6.31. The van der Waals surface area contributed by atoms with Crippen LogP contribution in [0.1, 0.15) is 61.7 Å². The van der Waals surface area contributed by atoms with Crippen LogP contribution in [0.4, 0.5) is 0 Å². The minimum Gasteiger partial charge on any atom is -0.496 e. The van der Waals surface area contributed by atoms with Crippen molar-refractivity contribution in [2.24, 2.45) is 5.92 Å². The molecule has 0 radical (unpaired) electrons. The van der Waals surface area contributed by atoms with Gasteiger partial charge in [-0.25, -0.2) is 0 Å². The van der Waals surface area contributed by atoms with Gasteiger partial charge in [0.2, 0.25) is 5.91 Å². The molecule has 0 aromatic heterocycles. The average Bonchev–Trinajstić information content (AvgIpc) is 2.98. The second-order valence-corrected chi connectivity index (χ2v) is 8.35. The highest BCUT2D eigenvalue weighted by Gasteiger charge is 2.25. The van der Waals surface area contributed by atoms with Gasteiger partial charge in [-0.05, 0) is 37.0 Å². The maximum atomic E-state index is 13.0. The number of halogens is 1. The molecule has 6 heteroatoms. The quantitative estimate of drug-likeness (QED) is 0.728. The number of ether oxygens (including phenoxy) is 1. The summed E-state index contributed by atoms with van der Waals surface area (Å²) in [7, 11) is 1.55. The van der Waals surface area contributed by atoms with Crippen molar-refractivity contribution in [2.75, 3.05) is 33.3 Å². The predicted molar refractivity (Wildman–Crippen MR) is 111 cm³/mol. The normalized spacial score (nSPS) is 18.6. The highest BCUT2D eigenvalue weighted by Crippen LogP contribution is 2.28. The molecule has 1 aromatic rings. The lowest BCUT2D eigenvalue weighted by Gasteiger charge is -2.25. The summed E-state index contributed by atoms with van der Waals surface area (Å²) in [6, 6.07) is 5.08. The fourth-order valence-electron chi connectivity index (χ4n) is 4.35. The minimum absolute atomic E-state index is 0.0872. The second-order valence-electron chi connectivity index (χ2n) is 7.91. The zero-order valence-electron chi connectivity index (χ0n) is 16.8. The Balaban J connectivity index is 1.54. The molecule has 0 unspecified atom stereocenters. The van der Waals surface area contributed by atoms with Crippen LogP contribution >= 0.6 is 11.6 Å². The SMILES string of the molecule is COc1ccc(Cl)cc1C(=O)N1CCCN(C(=O)CCC2CCCCC2)CC1. The fraction of sp³-hybridized carbons (Fsp3) is 0.636. The van der Waals surface area contributed by atoms with Crippen LogP contribution in [-0.2, 0) is 4.79 Å². The van der Waals surface area contributed by atoms with E-state index in [9.17, 15) is 9.59 Å². The third kappa shape index (κ3) is 5.40. The molecule has 1 saturated heterocycles. The van der Waals surface area contributed by atoms with Crippen molar-refractivity contribution >= 4 is 23.4 Å². The number of hydrogen-bond donors (Lipinski definition) is 0. The molecular formula is C22H31ClN2O3. The maximum Gasteiger partial charge on any atom is 0.257 e. The summed E-state index contributed by atoms with van der Waals surface area (Å²) in [5.74, 6) is 1.40. The first-order chi connectivity index (χ1) is 13.6. The Kier molecular flexibility index (Phi) is 7.60. The van der Waals surface area contributed by atoms with Gasteiger partial charge in [0.05, 0.1) is 12.7 Å². The maximum absolute atomic E-state index is 13.0. The number of rotatable bonds is 5. The third-order valence-corrected chi connectivity index (χ3v) is 6.25. The molecular weight excluding hydrogens is 376 g/mol. The number of carbonyl (C=O) groups excluding carboxylic acids is 2. The van der Waals surface area contributed by atoms with Crippen LogP contribution in [0.5, 0.6) is 5.75 Å². The van der Waals surface area contributed by atoms with Gasteiger partial charge in [-0.3, -0.25) is 9.59 Å². The van der Waals surface area contributed by atoms with Gasteiger partial charge < -0.3 is 14.5 Å². The van der Waals surface area contributed by atoms with Crippen molar-refractivity contribution in [3.05, 3.63) is 28.8 Å². The molecule has 2 aliphatic rings. The van der Waals surface area contributed by atoms with E-state index < -0.39 is 0 Å². The molecule has 2 fully saturated rings. The van der Waals surface area contributed by atoms with E-state index in [1.165, 1.54) is 32.1 Å². The van der Waals surface area contributed by atoms with Crippen LogP contribution in [0.25, 0.3) is 0 Å². The van der Waals surface area contributed by atoms with Crippen molar-refractivity contribution in [1.29, 1.82) is 0 Å². The average molecular weight is 407 g/mol. The van der Waals surface area contributed by atoms with Gasteiger partial charge in [-0.2, -0.15) is 0 Å². The summed E-state index contributed by atoms with van der Waals surface area (Å²) in [6.45, 7) is 2.50. The number of hydrogen-bond acceptors (Lipinski definition) is 3. The van der Waals surface area contributed by atoms with E-state index in [4.69, 9.17) is 16.3 Å². The van der Waals surface area contributed by atoms with Gasteiger partial charge in [-0.1, -0.05) is 43.7 Å². The molecule has 1 aliphatic heterocycles. The zero-order valence-corrected chi connectivity index (χ0v) is 17.5. The van der Waals surface area contributed by atoms with E-state index in [1.54, 1.807) is 25.3 Å². The van der Waals surface area contributed by atoms with Crippen LogP contribution in [0.15, 0.2) is 18.2 Å². The highest BCUT2D eigenvalue weighted by atomic mass is 35.5. The summed E-state index contributed by atoms with van der Waals surface area (Å²) < 4.78 is 5.32. The Morgan fingerprint density at radius 3 is 2.50 bits per heavy atom. The van der Waals surface area contributed by atoms with E-state index in [0.717, 1.165) is 25.3 Å². The molecule has 1 aliphatic carbocycles. The predicted octanol–water partition coefficient (Wildman–Crippen LogP) is 4.38. The van der Waals surface area contributed by atoms with Gasteiger partial charge in [-0.15, -0.1) is 0 Å². The molecule has 1 saturated carbocycles. The van der Waals surface area contributed by atoms with E-state index in [2.05, 4.69) is 0 Å². The molecule has 5 nitrogen and oxygen atoms in total. The van der Waals surface area contributed by atoms with E-state index in [-0.39, 0.29) is 11.8 Å². The van der Waals surface area contributed by atoms with Crippen LogP contribution in [-0.4, -0.2) is 54.9 Å². The first-order valence-corrected chi connectivity index (χ1v) is 10.9. The minimum atomic E-state index is -0.0872. The Bertz CT molecular complexity index is 688. The van der Waals surface area contributed by atoms with Gasteiger partial charge in [0.15, 0.2) is 0 Å². The molecule has 0 atom stereocenters. The van der Waals surface area contributed by atoms with Crippen LogP contribution in [0, 0.1) is 5.92 Å². The van der Waals surface area contributed by atoms with E-state index in [1.807, 2.05) is 9.80 Å². The van der Waals surface area contributed by atoms with Crippen LogP contribution < -0.4 is 4.74 Å². The van der Waals surface area contributed by atoms with Crippen molar-refractivity contribution < 1.29 is 14.3 Å². The lowest BCUT2D eigenvalue weighted by atomic mass is 9.86. The third-order valence-electron chi connectivity index (χ3n) is 6.02. The summed E-state index contributed by atoms with van der Waals surface area (Å²) in [4.78, 5) is 29.4. The monoisotopic (exact) mass is 406 g/mol. The second kappa shape index (κ2) is 10.1. The van der Waals surface area contributed by atoms with Gasteiger partial charge in [0.25, 0.3) is 5.91 Å². The Labute approximate surface area is 173 Å². The van der Waals surface area contributed by atoms with Crippen molar-refractivity contribution in [2.45, 2.75) is 51.4 Å². The molecule has 154 valence electrons. The summed E-state index contributed by atoms with van der Waals surface area (Å²) in [6.07, 6.45) is 8.97. The number of benzene rings is 1. The molecule has 0 spiro atoms. The molecule has 1 aromatic carbocycles. The van der Waals surface area contributed by atoms with Crippen molar-refractivity contribution in [1.82, 2.24) is 9.80 Å². The molecule has 0 bridgehead atoms. The number of carbonyl (C=O) groups is 2. The molecule has 28 heavy (non-hydrogen) atoms. The van der Waals surface area contributed by atoms with Crippen molar-refractivity contribution in [3.8, 4) is 5.75 Å². The Hall–Kier alpha value is -1.75. The van der Waals surface area contributed by atoms with Gasteiger partial charge in [0, 0.05) is 37.6 Å². The number of nitrogens with zero attached hydrogens (tertiary/aromatic N) is 2. The first kappa shape index (κ1) is 21.0. The Morgan fingerprint density at radius 1 is 1.04 bits per heavy atom. The summed E-state index contributed by atoms with van der Waals surface area (Å²) in [5, 5.41) is 0.512. The molecule has 2 amide bonds. The molecule has 3 rings (SSSR count). The summed E-state index contributed by atoms with van der Waals surface area (Å²) >= 11 is 6.07. The summed E-state index contributed by atoms with van der Waals surface area (Å²) in [5.41, 5.74) is 0.479. The number of amides is 2. The van der Waals surface area contributed by atoms with E-state index >= 15 is 0 Å². The lowest BCUT2D eigenvalue weighted by molar-refractivity contribution is -0.131. The Morgan fingerprint density at radius 2 is 1.75 bits per heavy atom. The largest absolute Gasteiger partial charge is 0.496 e. The smallest absolute Gasteiger partial charge is 0.257 e. The van der Waals surface area contributed by atoms with E-state index in [0.29, 0.717) is 42.4 Å². The zero-order chi connectivity index (χ0) is 19.9. The molecule has 0 N–H and O–H groups in total. The first-order valence-electron chi connectivity index (χ1n) is 10.5. The standard InChI is InChI=1S/C22H31ClN2O3/c1-28-20-10-9-18(23)16-19(20)22(27)25-13-5-12-24(14-15-25)21(26)11-8-17-6-3-2-4-7-17/h9-10,16-17H,2-8,11-15H2,1H3. The van der Waals surface area contributed by atoms with Crippen LogP contribution in [0.2, 0.25) is 5.02 Å². The van der Waals surface area contributed by atoms with Crippen LogP contribution in [0.3, 0.4) is 0 Å². The number of methoxy groups -OCH3 is 1. The van der Waals surface area contributed by atoms with Gasteiger partial charge in [0.1, 0.15) is 5.75 Å².